The second-order valence-electron chi connectivity index (χ2n) is 5.46. The average molecular weight is 379 g/mol. The molecule has 1 N–H and O–H groups in total. The van der Waals surface area contributed by atoms with Crippen LogP contribution in [0.1, 0.15) is 30.1 Å². The fourth-order valence-electron chi connectivity index (χ4n) is 2.19. The van der Waals surface area contributed by atoms with E-state index in [1.807, 2.05) is 0 Å². The van der Waals surface area contributed by atoms with E-state index in [9.17, 15) is 18.4 Å². The van der Waals surface area contributed by atoms with E-state index in [4.69, 9.17) is 4.74 Å². The predicted octanol–water partition coefficient (Wildman–Crippen LogP) is 5.00. The number of carbonyl (C=O) groups excluding carboxylic acids is 2. The highest BCUT2D eigenvalue weighted by Crippen LogP contribution is 2.31. The molecule has 0 saturated heterocycles. The highest BCUT2D eigenvalue weighted by molar-refractivity contribution is 7.99. The first-order valence-electron chi connectivity index (χ1n) is 8.03. The number of thioether (sulfide) groups is 1. The van der Waals surface area contributed by atoms with E-state index in [1.165, 1.54) is 6.92 Å². The average Bonchev–Trinajstić information content (AvgIpc) is 2.60. The fourth-order valence-corrected chi connectivity index (χ4v) is 2.79. The molecule has 1 amide bonds. The number of halogens is 2. The molecule has 0 unspecified atom stereocenters. The van der Waals surface area contributed by atoms with Crippen molar-refractivity contribution in [1.29, 1.82) is 0 Å². The van der Waals surface area contributed by atoms with Gasteiger partial charge in [-0.25, -0.2) is 0 Å². The number of benzene rings is 2. The summed E-state index contributed by atoms with van der Waals surface area (Å²) in [6.07, 6.45) is 0.684. The molecule has 0 fully saturated rings. The highest BCUT2D eigenvalue weighted by Gasteiger charge is 2.11. The summed E-state index contributed by atoms with van der Waals surface area (Å²) in [6.45, 7) is 1.83. The summed E-state index contributed by atoms with van der Waals surface area (Å²) in [7, 11) is 0. The van der Waals surface area contributed by atoms with E-state index < -0.39 is 5.76 Å². The molecule has 7 heteroatoms. The molecule has 2 aromatic carbocycles. The maximum atomic E-state index is 12.5. The van der Waals surface area contributed by atoms with E-state index in [-0.39, 0.29) is 18.1 Å². The second kappa shape index (κ2) is 9.91. The summed E-state index contributed by atoms with van der Waals surface area (Å²) in [5, 5.41) is 2.65. The SMILES string of the molecule is CC(=O)c1ccc(OCCCC(=O)Nc2ccccc2SC(F)F)cc1. The van der Waals surface area contributed by atoms with Crippen molar-refractivity contribution < 1.29 is 23.1 Å². The Balaban J connectivity index is 1.76. The Morgan fingerprint density at radius 2 is 1.81 bits per heavy atom. The third-order valence-electron chi connectivity index (χ3n) is 3.45. The van der Waals surface area contributed by atoms with Gasteiger partial charge in [0.15, 0.2) is 5.78 Å². The molecule has 0 heterocycles. The van der Waals surface area contributed by atoms with Crippen LogP contribution in [0.15, 0.2) is 53.4 Å². The fraction of sp³-hybridized carbons (Fsp3) is 0.263. The van der Waals surface area contributed by atoms with E-state index in [0.29, 0.717) is 46.7 Å². The van der Waals surface area contributed by atoms with Crippen LogP contribution >= 0.6 is 11.8 Å². The topological polar surface area (TPSA) is 55.4 Å². The molecular formula is C19H19F2NO3S. The van der Waals surface area contributed by atoms with Crippen LogP contribution in [-0.4, -0.2) is 24.1 Å². The minimum atomic E-state index is -2.55. The largest absolute Gasteiger partial charge is 0.494 e. The van der Waals surface area contributed by atoms with Gasteiger partial charge in [-0.1, -0.05) is 23.9 Å². The molecule has 0 atom stereocenters. The number of hydrogen-bond donors (Lipinski definition) is 1. The first-order valence-corrected chi connectivity index (χ1v) is 8.91. The van der Waals surface area contributed by atoms with Gasteiger partial charge in [-0.05, 0) is 49.7 Å². The number of nitrogens with one attached hydrogen (secondary N) is 1. The maximum absolute atomic E-state index is 12.5. The number of anilines is 1. The summed E-state index contributed by atoms with van der Waals surface area (Å²) >= 11 is 0.399. The minimum absolute atomic E-state index is 0.0153. The number of ether oxygens (including phenoxy) is 1. The number of alkyl halides is 2. The molecule has 0 spiro atoms. The highest BCUT2D eigenvalue weighted by atomic mass is 32.2. The zero-order chi connectivity index (χ0) is 18.9. The molecule has 4 nitrogen and oxygen atoms in total. The lowest BCUT2D eigenvalue weighted by Crippen LogP contribution is -2.13. The van der Waals surface area contributed by atoms with Crippen LogP contribution < -0.4 is 10.1 Å². The van der Waals surface area contributed by atoms with Gasteiger partial charge in [0, 0.05) is 16.9 Å². The van der Waals surface area contributed by atoms with E-state index in [2.05, 4.69) is 5.32 Å². The van der Waals surface area contributed by atoms with Crippen LogP contribution in [0.5, 0.6) is 5.75 Å². The Bertz CT molecular complexity index is 751. The van der Waals surface area contributed by atoms with Crippen molar-refractivity contribution in [3.05, 3.63) is 54.1 Å². The van der Waals surface area contributed by atoms with Gasteiger partial charge in [0.25, 0.3) is 5.76 Å². The van der Waals surface area contributed by atoms with Gasteiger partial charge in [0.2, 0.25) is 5.91 Å². The van der Waals surface area contributed by atoms with Crippen molar-refractivity contribution in [2.75, 3.05) is 11.9 Å². The third kappa shape index (κ3) is 6.48. The summed E-state index contributed by atoms with van der Waals surface area (Å²) in [5.41, 5.74) is 0.987. The van der Waals surface area contributed by atoms with Crippen LogP contribution in [0.3, 0.4) is 0 Å². The van der Waals surface area contributed by atoms with Crippen molar-refractivity contribution in [1.82, 2.24) is 0 Å². The Morgan fingerprint density at radius 3 is 2.46 bits per heavy atom. The zero-order valence-electron chi connectivity index (χ0n) is 14.2. The summed E-state index contributed by atoms with van der Waals surface area (Å²) in [6, 6.07) is 13.2. The molecule has 0 aromatic heterocycles. The molecule has 0 aliphatic heterocycles. The molecule has 0 radical (unpaired) electrons. The van der Waals surface area contributed by atoms with Crippen molar-refractivity contribution >= 4 is 29.1 Å². The van der Waals surface area contributed by atoms with Gasteiger partial charge in [-0.3, -0.25) is 9.59 Å². The molecule has 0 aliphatic rings. The lowest BCUT2D eigenvalue weighted by molar-refractivity contribution is -0.116. The van der Waals surface area contributed by atoms with Gasteiger partial charge in [0.1, 0.15) is 5.75 Å². The standard InChI is InChI=1S/C19H19F2NO3S/c1-13(23)14-8-10-15(11-9-14)25-12-4-7-18(24)22-16-5-2-3-6-17(16)26-19(20)21/h2-3,5-6,8-11,19H,4,7,12H2,1H3,(H,22,24). The van der Waals surface area contributed by atoms with Gasteiger partial charge < -0.3 is 10.1 Å². The molecule has 26 heavy (non-hydrogen) atoms. The lowest BCUT2D eigenvalue weighted by atomic mass is 10.1. The smallest absolute Gasteiger partial charge is 0.288 e. The minimum Gasteiger partial charge on any atom is -0.494 e. The number of rotatable bonds is 9. The third-order valence-corrected chi connectivity index (χ3v) is 4.24. The predicted molar refractivity (Wildman–Crippen MR) is 98.1 cm³/mol. The molecule has 0 saturated carbocycles. The molecule has 2 rings (SSSR count). The van der Waals surface area contributed by atoms with Gasteiger partial charge in [0.05, 0.1) is 12.3 Å². The molecule has 2 aromatic rings. The van der Waals surface area contributed by atoms with Crippen LogP contribution in [-0.2, 0) is 4.79 Å². The van der Waals surface area contributed by atoms with Gasteiger partial charge in [-0.15, -0.1) is 0 Å². The monoisotopic (exact) mass is 379 g/mol. The zero-order valence-corrected chi connectivity index (χ0v) is 15.0. The van der Waals surface area contributed by atoms with Gasteiger partial charge in [-0.2, -0.15) is 8.78 Å². The Labute approximate surface area is 154 Å². The lowest BCUT2D eigenvalue weighted by Gasteiger charge is -2.10. The van der Waals surface area contributed by atoms with Gasteiger partial charge >= 0.3 is 0 Å². The number of ketones is 1. The number of carbonyl (C=O) groups is 2. The normalized spacial score (nSPS) is 10.6. The van der Waals surface area contributed by atoms with Crippen LogP contribution in [0, 0.1) is 0 Å². The van der Waals surface area contributed by atoms with Crippen molar-refractivity contribution in [2.45, 2.75) is 30.4 Å². The Morgan fingerprint density at radius 1 is 1.12 bits per heavy atom. The summed E-state index contributed by atoms with van der Waals surface area (Å²) in [5.74, 6) is -2.20. The number of hydrogen-bond acceptors (Lipinski definition) is 4. The quantitative estimate of drug-likeness (QED) is 0.378. The molecule has 138 valence electrons. The molecular weight excluding hydrogens is 360 g/mol. The number of amides is 1. The number of para-hydroxylation sites is 1. The summed E-state index contributed by atoms with van der Waals surface area (Å²) < 4.78 is 30.6. The molecule has 0 bridgehead atoms. The second-order valence-corrected chi connectivity index (χ2v) is 6.49. The van der Waals surface area contributed by atoms with Crippen molar-refractivity contribution in [3.63, 3.8) is 0 Å². The first kappa shape index (κ1) is 19.9. The van der Waals surface area contributed by atoms with Crippen molar-refractivity contribution in [3.8, 4) is 5.75 Å². The van der Waals surface area contributed by atoms with Crippen molar-refractivity contribution in [2.24, 2.45) is 0 Å². The summed E-state index contributed by atoms with van der Waals surface area (Å²) in [4.78, 5) is 23.5. The molecule has 0 aliphatic carbocycles. The van der Waals surface area contributed by atoms with Crippen LogP contribution in [0.4, 0.5) is 14.5 Å². The van der Waals surface area contributed by atoms with E-state index >= 15 is 0 Å². The maximum Gasteiger partial charge on any atom is 0.288 e. The van der Waals surface area contributed by atoms with Crippen LogP contribution in [0.2, 0.25) is 0 Å². The van der Waals surface area contributed by atoms with E-state index in [1.54, 1.807) is 48.5 Å². The Hall–Kier alpha value is -2.41. The van der Waals surface area contributed by atoms with Crippen LogP contribution in [0.25, 0.3) is 0 Å². The Kier molecular flexibility index (Phi) is 7.59. The first-order chi connectivity index (χ1) is 12.5. The number of Topliss-reactive ketones (excluding diaryl/α,β-unsaturated/α-hetero) is 1. The van der Waals surface area contributed by atoms with E-state index in [0.717, 1.165) is 0 Å².